The summed E-state index contributed by atoms with van der Waals surface area (Å²) >= 11 is 1.80. The zero-order valence-electron chi connectivity index (χ0n) is 14.4. The fourth-order valence-electron chi connectivity index (χ4n) is 3.14. The van der Waals surface area contributed by atoms with E-state index in [1.54, 1.807) is 11.3 Å². The molecule has 0 bridgehead atoms. The molecule has 0 fully saturated rings. The minimum atomic E-state index is 0. The smallest absolute Gasteiger partial charge is 0.237 e. The third-order valence-corrected chi connectivity index (χ3v) is 5.55. The maximum absolute atomic E-state index is 12.7. The highest BCUT2D eigenvalue weighted by Gasteiger charge is 2.22. The Morgan fingerprint density at radius 3 is 2.76 bits per heavy atom. The lowest BCUT2D eigenvalue weighted by Gasteiger charge is -2.30. The summed E-state index contributed by atoms with van der Waals surface area (Å²) in [5, 5.41) is 2.12. The standard InChI is InChI=1S/C19H25N3OS.ClH/c20-9-12-21(10-6-16-4-2-1-3-5-16)15-19(23)22-11-7-18-17(14-22)8-13-24-18;/h1-5,8,13H,6-7,9-12,14-15,20H2;1H. The van der Waals surface area contributed by atoms with Gasteiger partial charge in [0.15, 0.2) is 0 Å². The lowest BCUT2D eigenvalue weighted by atomic mass is 10.1. The monoisotopic (exact) mass is 379 g/mol. The van der Waals surface area contributed by atoms with Crippen LogP contribution in [0.5, 0.6) is 0 Å². The molecule has 136 valence electrons. The van der Waals surface area contributed by atoms with Gasteiger partial charge in [0.25, 0.3) is 0 Å². The average molecular weight is 380 g/mol. The number of nitrogens with two attached hydrogens (primary N) is 1. The zero-order valence-corrected chi connectivity index (χ0v) is 16.0. The molecule has 1 aromatic carbocycles. The first-order valence-corrected chi connectivity index (χ1v) is 9.43. The van der Waals surface area contributed by atoms with Crippen molar-refractivity contribution in [3.05, 3.63) is 57.8 Å². The van der Waals surface area contributed by atoms with Gasteiger partial charge in [-0.1, -0.05) is 30.3 Å². The Labute approximate surface area is 160 Å². The molecule has 6 heteroatoms. The highest BCUT2D eigenvalue weighted by molar-refractivity contribution is 7.10. The van der Waals surface area contributed by atoms with E-state index in [0.717, 1.165) is 39.0 Å². The fraction of sp³-hybridized carbons (Fsp3) is 0.421. The number of fused-ring (bicyclic) bond motifs is 1. The van der Waals surface area contributed by atoms with Gasteiger partial charge in [0, 0.05) is 37.6 Å². The molecule has 0 saturated heterocycles. The Balaban J connectivity index is 0.00000225. The van der Waals surface area contributed by atoms with Crippen LogP contribution in [0.25, 0.3) is 0 Å². The van der Waals surface area contributed by atoms with Crippen LogP contribution in [0.2, 0.25) is 0 Å². The molecule has 2 heterocycles. The quantitative estimate of drug-likeness (QED) is 0.804. The van der Waals surface area contributed by atoms with E-state index in [-0.39, 0.29) is 18.3 Å². The van der Waals surface area contributed by atoms with Crippen molar-refractivity contribution < 1.29 is 4.79 Å². The van der Waals surface area contributed by atoms with Crippen molar-refractivity contribution in [2.24, 2.45) is 5.73 Å². The first-order chi connectivity index (χ1) is 11.8. The molecule has 1 aliphatic heterocycles. The Kier molecular flexibility index (Phi) is 7.90. The molecule has 0 radical (unpaired) electrons. The minimum absolute atomic E-state index is 0. The molecule has 0 saturated carbocycles. The SMILES string of the molecule is Cl.NCCN(CCc1ccccc1)CC(=O)N1CCc2sccc2C1. The number of amides is 1. The van der Waals surface area contributed by atoms with E-state index in [1.165, 1.54) is 16.0 Å². The second-order valence-electron chi connectivity index (χ2n) is 6.23. The summed E-state index contributed by atoms with van der Waals surface area (Å²) in [6, 6.07) is 12.5. The second kappa shape index (κ2) is 9.92. The molecule has 0 spiro atoms. The molecule has 1 aliphatic rings. The van der Waals surface area contributed by atoms with E-state index >= 15 is 0 Å². The van der Waals surface area contributed by atoms with Gasteiger partial charge < -0.3 is 10.6 Å². The van der Waals surface area contributed by atoms with Gasteiger partial charge >= 0.3 is 0 Å². The van der Waals surface area contributed by atoms with Crippen molar-refractivity contribution in [1.29, 1.82) is 0 Å². The number of thiophene rings is 1. The average Bonchev–Trinajstić information content (AvgIpc) is 3.08. The van der Waals surface area contributed by atoms with Crippen molar-refractivity contribution in [2.45, 2.75) is 19.4 Å². The van der Waals surface area contributed by atoms with Gasteiger partial charge in [0.1, 0.15) is 0 Å². The summed E-state index contributed by atoms with van der Waals surface area (Å²) in [6.45, 7) is 4.26. The normalized spacial score (nSPS) is 13.4. The number of hydrogen-bond acceptors (Lipinski definition) is 4. The molecular weight excluding hydrogens is 354 g/mol. The van der Waals surface area contributed by atoms with Crippen LogP contribution >= 0.6 is 23.7 Å². The van der Waals surface area contributed by atoms with E-state index in [9.17, 15) is 4.79 Å². The van der Waals surface area contributed by atoms with Gasteiger partial charge in [-0.05, 0) is 35.4 Å². The largest absolute Gasteiger partial charge is 0.337 e. The van der Waals surface area contributed by atoms with Crippen molar-refractivity contribution >= 4 is 29.7 Å². The van der Waals surface area contributed by atoms with Gasteiger partial charge in [-0.2, -0.15) is 0 Å². The van der Waals surface area contributed by atoms with Crippen LogP contribution in [-0.4, -0.2) is 48.4 Å². The van der Waals surface area contributed by atoms with Crippen molar-refractivity contribution in [3.8, 4) is 0 Å². The summed E-state index contributed by atoms with van der Waals surface area (Å²) in [7, 11) is 0. The van der Waals surface area contributed by atoms with E-state index in [4.69, 9.17) is 5.73 Å². The number of nitrogens with zero attached hydrogens (tertiary/aromatic N) is 2. The van der Waals surface area contributed by atoms with Crippen LogP contribution in [0, 0.1) is 0 Å². The number of hydrogen-bond donors (Lipinski definition) is 1. The Bertz CT molecular complexity index is 662. The van der Waals surface area contributed by atoms with E-state index < -0.39 is 0 Å². The summed E-state index contributed by atoms with van der Waals surface area (Å²) < 4.78 is 0. The highest BCUT2D eigenvalue weighted by atomic mass is 35.5. The van der Waals surface area contributed by atoms with Crippen LogP contribution in [0.4, 0.5) is 0 Å². The van der Waals surface area contributed by atoms with Gasteiger partial charge in [-0.25, -0.2) is 0 Å². The predicted molar refractivity (Wildman–Crippen MR) is 106 cm³/mol. The van der Waals surface area contributed by atoms with Gasteiger partial charge in [-0.15, -0.1) is 23.7 Å². The molecule has 1 amide bonds. The first-order valence-electron chi connectivity index (χ1n) is 8.55. The number of carbonyl (C=O) groups is 1. The zero-order chi connectivity index (χ0) is 16.8. The Hall–Kier alpha value is -1.40. The molecule has 0 unspecified atom stereocenters. The number of halogens is 1. The fourth-order valence-corrected chi connectivity index (χ4v) is 4.03. The van der Waals surface area contributed by atoms with Gasteiger partial charge in [-0.3, -0.25) is 9.69 Å². The van der Waals surface area contributed by atoms with E-state index in [0.29, 0.717) is 13.1 Å². The summed E-state index contributed by atoms with van der Waals surface area (Å²) in [4.78, 5) is 18.3. The molecule has 1 aromatic heterocycles. The summed E-state index contributed by atoms with van der Waals surface area (Å²) in [5.74, 6) is 0.216. The first kappa shape index (κ1) is 19.9. The van der Waals surface area contributed by atoms with Gasteiger partial charge in [0.2, 0.25) is 5.91 Å². The molecule has 3 rings (SSSR count). The van der Waals surface area contributed by atoms with Crippen molar-refractivity contribution in [2.75, 3.05) is 32.7 Å². The molecular formula is C19H26ClN3OS. The van der Waals surface area contributed by atoms with Crippen LogP contribution in [-0.2, 0) is 24.2 Å². The molecule has 0 aliphatic carbocycles. The van der Waals surface area contributed by atoms with Crippen LogP contribution in [0.15, 0.2) is 41.8 Å². The highest BCUT2D eigenvalue weighted by Crippen LogP contribution is 2.24. The van der Waals surface area contributed by atoms with Crippen molar-refractivity contribution in [1.82, 2.24) is 9.80 Å². The van der Waals surface area contributed by atoms with Crippen LogP contribution < -0.4 is 5.73 Å². The molecule has 25 heavy (non-hydrogen) atoms. The third kappa shape index (κ3) is 5.54. The maximum atomic E-state index is 12.7. The third-order valence-electron chi connectivity index (χ3n) is 4.52. The molecule has 2 N–H and O–H groups in total. The summed E-state index contributed by atoms with van der Waals surface area (Å²) in [6.07, 6.45) is 1.93. The van der Waals surface area contributed by atoms with E-state index in [2.05, 4.69) is 40.6 Å². The predicted octanol–water partition coefficient (Wildman–Crippen LogP) is 2.56. The molecule has 0 atom stereocenters. The lowest BCUT2D eigenvalue weighted by molar-refractivity contribution is -0.133. The summed E-state index contributed by atoms with van der Waals surface area (Å²) in [5.41, 5.74) is 8.35. The van der Waals surface area contributed by atoms with Crippen LogP contribution in [0.1, 0.15) is 16.0 Å². The van der Waals surface area contributed by atoms with Gasteiger partial charge in [0.05, 0.1) is 6.54 Å². The Morgan fingerprint density at radius 2 is 2.00 bits per heavy atom. The maximum Gasteiger partial charge on any atom is 0.237 e. The lowest BCUT2D eigenvalue weighted by Crippen LogP contribution is -2.44. The van der Waals surface area contributed by atoms with Crippen LogP contribution in [0.3, 0.4) is 0 Å². The minimum Gasteiger partial charge on any atom is -0.337 e. The topological polar surface area (TPSA) is 49.6 Å². The number of benzene rings is 1. The second-order valence-corrected chi connectivity index (χ2v) is 7.24. The van der Waals surface area contributed by atoms with Crippen molar-refractivity contribution in [3.63, 3.8) is 0 Å². The number of rotatable bonds is 7. The molecule has 2 aromatic rings. The molecule has 4 nitrogen and oxygen atoms in total. The number of carbonyl (C=O) groups excluding carboxylic acids is 1. The Morgan fingerprint density at radius 1 is 1.20 bits per heavy atom. The van der Waals surface area contributed by atoms with E-state index in [1.807, 2.05) is 11.0 Å².